The summed E-state index contributed by atoms with van der Waals surface area (Å²) in [7, 11) is 0. The van der Waals surface area contributed by atoms with Crippen LogP contribution in [0.2, 0.25) is 0 Å². The van der Waals surface area contributed by atoms with Crippen molar-refractivity contribution in [3.63, 3.8) is 0 Å². The van der Waals surface area contributed by atoms with Crippen LogP contribution in [0.1, 0.15) is 63.9 Å². The van der Waals surface area contributed by atoms with E-state index in [2.05, 4.69) is 29.6 Å². The van der Waals surface area contributed by atoms with Crippen molar-refractivity contribution in [3.05, 3.63) is 41.7 Å². The fourth-order valence-electron chi connectivity index (χ4n) is 3.45. The third kappa shape index (κ3) is 8.07. The molecule has 0 unspecified atom stereocenters. The van der Waals surface area contributed by atoms with Crippen molar-refractivity contribution < 1.29 is 22.3 Å². The van der Waals surface area contributed by atoms with Crippen LogP contribution in [0, 0.1) is 29.5 Å². The Bertz CT molecular complexity index is 674. The molecule has 0 aromatic heterocycles. The zero-order valence-corrected chi connectivity index (χ0v) is 15.6. The number of rotatable bonds is 6. The molecule has 0 bridgehead atoms. The maximum absolute atomic E-state index is 13.6. The van der Waals surface area contributed by atoms with Crippen LogP contribution in [0.4, 0.5) is 17.6 Å². The highest BCUT2D eigenvalue weighted by atomic mass is 19.4. The molecule has 0 spiro atoms. The molecule has 5 heteroatoms. The standard InChI is InChI=1S/C22H26F4O/c1-2-3-4-7-17-10-12-18(13-11-17)8-5-6-9-19-14-15-21(20(23)16-19)27-22(24,25)26/h5,8,14-18H,2-4,7,10-13H2,1H3/b8-5+. The van der Waals surface area contributed by atoms with Crippen molar-refractivity contribution in [3.8, 4) is 17.6 Å². The van der Waals surface area contributed by atoms with Gasteiger partial charge in [-0.05, 0) is 61.8 Å². The Labute approximate surface area is 158 Å². The average Bonchev–Trinajstić information content (AvgIpc) is 2.61. The summed E-state index contributed by atoms with van der Waals surface area (Å²) in [5.74, 6) is 5.04. The molecule has 0 saturated heterocycles. The summed E-state index contributed by atoms with van der Waals surface area (Å²) in [6, 6.07) is 3.20. The average molecular weight is 382 g/mol. The van der Waals surface area contributed by atoms with Crippen molar-refractivity contribution in [1.82, 2.24) is 0 Å². The summed E-state index contributed by atoms with van der Waals surface area (Å²) in [4.78, 5) is 0. The minimum atomic E-state index is -4.91. The Hall–Kier alpha value is -1.96. The van der Waals surface area contributed by atoms with Gasteiger partial charge >= 0.3 is 6.36 Å². The fourth-order valence-corrected chi connectivity index (χ4v) is 3.45. The SMILES string of the molecule is CCCCCC1CCC(/C=C/C#Cc2ccc(OC(F)(F)F)c(F)c2)CC1. The van der Waals surface area contributed by atoms with Gasteiger partial charge in [-0.15, -0.1) is 13.2 Å². The van der Waals surface area contributed by atoms with E-state index in [9.17, 15) is 17.6 Å². The van der Waals surface area contributed by atoms with Gasteiger partial charge in [-0.1, -0.05) is 50.5 Å². The summed E-state index contributed by atoms with van der Waals surface area (Å²) in [6.07, 6.45) is 9.06. The molecule has 0 N–H and O–H groups in total. The monoisotopic (exact) mass is 382 g/mol. The number of ether oxygens (including phenoxy) is 1. The number of hydrogen-bond donors (Lipinski definition) is 0. The first-order valence-electron chi connectivity index (χ1n) is 9.61. The predicted octanol–water partition coefficient (Wildman–Crippen LogP) is 7.02. The second kappa shape index (κ2) is 10.4. The van der Waals surface area contributed by atoms with Crippen molar-refractivity contribution in [2.24, 2.45) is 11.8 Å². The first kappa shape index (κ1) is 21.3. The van der Waals surface area contributed by atoms with E-state index < -0.39 is 17.9 Å². The molecule has 0 aliphatic heterocycles. The molecule has 1 aliphatic carbocycles. The molecule has 1 saturated carbocycles. The van der Waals surface area contributed by atoms with E-state index in [4.69, 9.17) is 0 Å². The number of hydrogen-bond acceptors (Lipinski definition) is 1. The lowest BCUT2D eigenvalue weighted by atomic mass is 9.79. The first-order chi connectivity index (χ1) is 12.9. The van der Waals surface area contributed by atoms with Crippen molar-refractivity contribution in [2.45, 2.75) is 64.7 Å². The lowest BCUT2D eigenvalue weighted by Gasteiger charge is -2.26. The quantitative estimate of drug-likeness (QED) is 0.292. The van der Waals surface area contributed by atoms with Crippen LogP contribution >= 0.6 is 0 Å². The summed E-state index contributed by atoms with van der Waals surface area (Å²) >= 11 is 0. The molecule has 0 heterocycles. The van der Waals surface area contributed by atoms with Crippen molar-refractivity contribution in [1.29, 1.82) is 0 Å². The van der Waals surface area contributed by atoms with E-state index in [1.165, 1.54) is 57.4 Å². The van der Waals surface area contributed by atoms with Gasteiger partial charge in [0.25, 0.3) is 0 Å². The second-order valence-corrected chi connectivity index (χ2v) is 7.10. The Morgan fingerprint density at radius 2 is 1.89 bits per heavy atom. The molecule has 1 fully saturated rings. The van der Waals surface area contributed by atoms with E-state index in [0.717, 1.165) is 18.1 Å². The molecule has 0 atom stereocenters. The van der Waals surface area contributed by atoms with Crippen LogP contribution in [0.3, 0.4) is 0 Å². The van der Waals surface area contributed by atoms with Crippen LogP contribution < -0.4 is 4.74 Å². The Morgan fingerprint density at radius 3 is 2.52 bits per heavy atom. The van der Waals surface area contributed by atoms with Crippen LogP contribution in [0.15, 0.2) is 30.4 Å². The molecule has 0 radical (unpaired) electrons. The number of alkyl halides is 3. The van der Waals surface area contributed by atoms with Gasteiger partial charge in [-0.25, -0.2) is 4.39 Å². The van der Waals surface area contributed by atoms with Crippen LogP contribution in [-0.2, 0) is 0 Å². The molecule has 1 aromatic carbocycles. The zero-order chi connectivity index (χ0) is 19.7. The number of benzene rings is 1. The largest absolute Gasteiger partial charge is 0.573 e. The lowest BCUT2D eigenvalue weighted by Crippen LogP contribution is -2.17. The Balaban J connectivity index is 1.81. The van der Waals surface area contributed by atoms with Crippen molar-refractivity contribution in [2.75, 3.05) is 0 Å². The Kier molecular flexibility index (Phi) is 8.22. The molecule has 1 nitrogen and oxygen atoms in total. The Morgan fingerprint density at radius 1 is 1.15 bits per heavy atom. The van der Waals surface area contributed by atoms with Crippen LogP contribution in [0.25, 0.3) is 0 Å². The normalized spacial score (nSPS) is 20.3. The number of unbranched alkanes of at least 4 members (excludes halogenated alkanes) is 2. The molecule has 1 aromatic rings. The second-order valence-electron chi connectivity index (χ2n) is 7.10. The van der Waals surface area contributed by atoms with Gasteiger partial charge in [0.05, 0.1) is 0 Å². The van der Waals surface area contributed by atoms with Gasteiger partial charge in [0.1, 0.15) is 0 Å². The van der Waals surface area contributed by atoms with E-state index in [1.54, 1.807) is 6.08 Å². The van der Waals surface area contributed by atoms with Gasteiger partial charge in [-0.3, -0.25) is 0 Å². The van der Waals surface area contributed by atoms with Gasteiger partial charge in [0, 0.05) is 5.56 Å². The fraction of sp³-hybridized carbons (Fsp3) is 0.545. The van der Waals surface area contributed by atoms with Crippen LogP contribution in [0.5, 0.6) is 5.75 Å². The van der Waals surface area contributed by atoms with E-state index in [0.29, 0.717) is 11.5 Å². The van der Waals surface area contributed by atoms with Gasteiger partial charge in [0.15, 0.2) is 11.6 Å². The van der Waals surface area contributed by atoms with Crippen molar-refractivity contribution >= 4 is 0 Å². The van der Waals surface area contributed by atoms with E-state index >= 15 is 0 Å². The summed E-state index contributed by atoms with van der Waals surface area (Å²) < 4.78 is 53.6. The summed E-state index contributed by atoms with van der Waals surface area (Å²) in [6.45, 7) is 2.22. The van der Waals surface area contributed by atoms with E-state index in [1.807, 2.05) is 0 Å². The topological polar surface area (TPSA) is 9.23 Å². The minimum absolute atomic E-state index is 0.311. The minimum Gasteiger partial charge on any atom is -0.403 e. The number of halogens is 4. The summed E-state index contributed by atoms with van der Waals surface area (Å²) in [5, 5.41) is 0. The smallest absolute Gasteiger partial charge is 0.403 e. The highest BCUT2D eigenvalue weighted by molar-refractivity contribution is 5.41. The lowest BCUT2D eigenvalue weighted by molar-refractivity contribution is -0.275. The predicted molar refractivity (Wildman–Crippen MR) is 98.7 cm³/mol. The molecule has 2 rings (SSSR count). The van der Waals surface area contributed by atoms with E-state index in [-0.39, 0.29) is 0 Å². The maximum atomic E-state index is 13.6. The third-order valence-electron chi connectivity index (χ3n) is 4.93. The van der Waals surface area contributed by atoms with Gasteiger partial charge in [-0.2, -0.15) is 0 Å². The maximum Gasteiger partial charge on any atom is 0.573 e. The molecule has 27 heavy (non-hydrogen) atoms. The molecular formula is C22H26F4O. The molecule has 0 amide bonds. The van der Waals surface area contributed by atoms with Crippen LogP contribution in [-0.4, -0.2) is 6.36 Å². The highest BCUT2D eigenvalue weighted by Gasteiger charge is 2.32. The molecule has 1 aliphatic rings. The highest BCUT2D eigenvalue weighted by Crippen LogP contribution is 2.32. The third-order valence-corrected chi connectivity index (χ3v) is 4.93. The zero-order valence-electron chi connectivity index (χ0n) is 15.6. The number of allylic oxidation sites excluding steroid dienone is 2. The molecule has 148 valence electrons. The summed E-state index contributed by atoms with van der Waals surface area (Å²) in [5.41, 5.74) is 0.311. The molecular weight excluding hydrogens is 356 g/mol. The van der Waals surface area contributed by atoms with Gasteiger partial charge in [0.2, 0.25) is 0 Å². The first-order valence-corrected chi connectivity index (χ1v) is 9.61. The van der Waals surface area contributed by atoms with Gasteiger partial charge < -0.3 is 4.74 Å².